The molecule has 0 bridgehead atoms. The number of pyridine rings is 1. The van der Waals surface area contributed by atoms with Crippen molar-refractivity contribution in [1.82, 2.24) is 4.98 Å². The van der Waals surface area contributed by atoms with Gasteiger partial charge in [-0.2, -0.15) is 0 Å². The normalized spacial score (nSPS) is 14.2. The van der Waals surface area contributed by atoms with Crippen molar-refractivity contribution >= 4 is 15.9 Å². The van der Waals surface area contributed by atoms with Crippen LogP contribution in [0.2, 0.25) is 0 Å². The Kier molecular flexibility index (Phi) is 3.42. The first-order valence-electron chi connectivity index (χ1n) is 6.22. The third-order valence-corrected chi connectivity index (χ3v) is 3.45. The average molecular weight is 320 g/mol. The first-order chi connectivity index (χ1) is 9.26. The van der Waals surface area contributed by atoms with Crippen LogP contribution in [0.4, 0.5) is 0 Å². The van der Waals surface area contributed by atoms with Crippen LogP contribution in [0.1, 0.15) is 12.8 Å². The number of hydrogen-bond donors (Lipinski definition) is 0. The topological polar surface area (TPSA) is 31.4 Å². The van der Waals surface area contributed by atoms with Gasteiger partial charge < -0.3 is 9.47 Å². The van der Waals surface area contributed by atoms with E-state index in [2.05, 4.69) is 20.9 Å². The van der Waals surface area contributed by atoms with Gasteiger partial charge >= 0.3 is 0 Å². The van der Waals surface area contributed by atoms with Crippen molar-refractivity contribution in [3.8, 4) is 22.6 Å². The highest BCUT2D eigenvalue weighted by atomic mass is 79.9. The molecule has 0 amide bonds. The van der Waals surface area contributed by atoms with E-state index in [4.69, 9.17) is 9.47 Å². The maximum atomic E-state index is 5.88. The molecule has 0 spiro atoms. The number of halogens is 1. The maximum absolute atomic E-state index is 5.88. The smallest absolute Gasteiger partial charge is 0.162 e. The number of ether oxygens (including phenoxy) is 2. The van der Waals surface area contributed by atoms with Gasteiger partial charge in [-0.3, -0.25) is 4.98 Å². The Morgan fingerprint density at radius 2 is 1.95 bits per heavy atom. The molecule has 3 nitrogen and oxygen atoms in total. The maximum Gasteiger partial charge on any atom is 0.162 e. The second-order valence-electron chi connectivity index (χ2n) is 4.57. The number of methoxy groups -OCH3 is 1. The van der Waals surface area contributed by atoms with Crippen LogP contribution in [0.25, 0.3) is 11.1 Å². The molecule has 3 rings (SSSR count). The van der Waals surface area contributed by atoms with E-state index in [0.717, 1.165) is 39.9 Å². The molecule has 0 N–H and O–H groups in total. The zero-order valence-electron chi connectivity index (χ0n) is 10.6. The molecule has 98 valence electrons. The van der Waals surface area contributed by atoms with Gasteiger partial charge in [0.25, 0.3) is 0 Å². The summed E-state index contributed by atoms with van der Waals surface area (Å²) < 4.78 is 12.2. The van der Waals surface area contributed by atoms with Gasteiger partial charge in [0.2, 0.25) is 0 Å². The van der Waals surface area contributed by atoms with E-state index in [-0.39, 0.29) is 0 Å². The molecule has 0 aliphatic heterocycles. The van der Waals surface area contributed by atoms with Crippen molar-refractivity contribution in [2.24, 2.45) is 0 Å². The SMILES string of the molecule is COc1ccc(-c2cncc(Br)c2)cc1OC1CC1. The minimum absolute atomic E-state index is 0.352. The molecule has 0 saturated heterocycles. The number of rotatable bonds is 4. The Balaban J connectivity index is 1.97. The molecule has 1 aliphatic carbocycles. The van der Waals surface area contributed by atoms with Crippen LogP contribution in [0.15, 0.2) is 41.1 Å². The second kappa shape index (κ2) is 5.21. The summed E-state index contributed by atoms with van der Waals surface area (Å²) in [5, 5.41) is 0. The summed E-state index contributed by atoms with van der Waals surface area (Å²) in [6.45, 7) is 0. The van der Waals surface area contributed by atoms with Crippen LogP contribution in [0.5, 0.6) is 11.5 Å². The molecule has 0 radical (unpaired) electrons. The minimum Gasteiger partial charge on any atom is -0.493 e. The standard InChI is InChI=1S/C15H14BrNO2/c1-18-14-5-2-10(7-15(14)19-13-3-4-13)11-6-12(16)9-17-8-11/h2,5-9,13H,3-4H2,1H3. The molecule has 1 aliphatic rings. The molecule has 1 fully saturated rings. The van der Waals surface area contributed by atoms with Gasteiger partial charge in [0, 0.05) is 22.4 Å². The van der Waals surface area contributed by atoms with Crippen LogP contribution in [0.3, 0.4) is 0 Å². The molecule has 1 aromatic carbocycles. The van der Waals surface area contributed by atoms with Crippen LogP contribution in [-0.2, 0) is 0 Å². The number of nitrogens with zero attached hydrogens (tertiary/aromatic N) is 1. The Labute approximate surface area is 120 Å². The van der Waals surface area contributed by atoms with Crippen LogP contribution >= 0.6 is 15.9 Å². The lowest BCUT2D eigenvalue weighted by molar-refractivity contribution is 0.282. The van der Waals surface area contributed by atoms with Crippen molar-refractivity contribution in [3.63, 3.8) is 0 Å². The number of aromatic nitrogens is 1. The fourth-order valence-corrected chi connectivity index (χ4v) is 2.25. The summed E-state index contributed by atoms with van der Waals surface area (Å²) in [6, 6.07) is 8.01. The summed E-state index contributed by atoms with van der Waals surface area (Å²) in [7, 11) is 1.66. The minimum atomic E-state index is 0.352. The molecule has 4 heteroatoms. The summed E-state index contributed by atoms with van der Waals surface area (Å²) in [4.78, 5) is 4.19. The molecular weight excluding hydrogens is 306 g/mol. The summed E-state index contributed by atoms with van der Waals surface area (Å²) >= 11 is 3.44. The van der Waals surface area contributed by atoms with Gasteiger partial charge in [-0.1, -0.05) is 6.07 Å². The first kappa shape index (κ1) is 12.5. The molecule has 0 unspecified atom stereocenters. The Morgan fingerprint density at radius 1 is 1.11 bits per heavy atom. The van der Waals surface area contributed by atoms with Crippen LogP contribution in [-0.4, -0.2) is 18.2 Å². The molecular formula is C15H14BrNO2. The quantitative estimate of drug-likeness (QED) is 0.851. The predicted molar refractivity (Wildman–Crippen MR) is 77.6 cm³/mol. The van der Waals surface area contributed by atoms with E-state index in [9.17, 15) is 0 Å². The van der Waals surface area contributed by atoms with Crippen molar-refractivity contribution in [2.45, 2.75) is 18.9 Å². The molecule has 1 saturated carbocycles. The summed E-state index contributed by atoms with van der Waals surface area (Å²) in [5.74, 6) is 1.58. The highest BCUT2D eigenvalue weighted by Crippen LogP contribution is 2.36. The predicted octanol–water partition coefficient (Wildman–Crippen LogP) is 4.06. The molecule has 19 heavy (non-hydrogen) atoms. The van der Waals surface area contributed by atoms with Gasteiger partial charge in [-0.05, 0) is 52.5 Å². The molecule has 1 heterocycles. The van der Waals surface area contributed by atoms with Crippen molar-refractivity contribution in [3.05, 3.63) is 41.1 Å². The molecule has 2 aromatic rings. The lowest BCUT2D eigenvalue weighted by Crippen LogP contribution is -1.98. The Morgan fingerprint density at radius 3 is 2.63 bits per heavy atom. The highest BCUT2D eigenvalue weighted by Gasteiger charge is 2.25. The zero-order chi connectivity index (χ0) is 13.2. The Hall–Kier alpha value is -1.55. The second-order valence-corrected chi connectivity index (χ2v) is 5.49. The monoisotopic (exact) mass is 319 g/mol. The summed E-state index contributed by atoms with van der Waals surface area (Å²) in [6.07, 6.45) is 6.23. The Bertz CT molecular complexity index is 596. The van der Waals surface area contributed by atoms with E-state index in [1.165, 1.54) is 0 Å². The average Bonchev–Trinajstić information content (AvgIpc) is 3.23. The van der Waals surface area contributed by atoms with Crippen molar-refractivity contribution in [2.75, 3.05) is 7.11 Å². The lowest BCUT2D eigenvalue weighted by Gasteiger charge is -2.12. The van der Waals surface area contributed by atoms with E-state index in [1.807, 2.05) is 30.5 Å². The van der Waals surface area contributed by atoms with Crippen LogP contribution in [0, 0.1) is 0 Å². The first-order valence-corrected chi connectivity index (χ1v) is 7.01. The van der Waals surface area contributed by atoms with E-state index < -0.39 is 0 Å². The lowest BCUT2D eigenvalue weighted by atomic mass is 10.1. The van der Waals surface area contributed by atoms with Gasteiger partial charge in [0.15, 0.2) is 11.5 Å². The zero-order valence-corrected chi connectivity index (χ0v) is 12.2. The highest BCUT2D eigenvalue weighted by molar-refractivity contribution is 9.10. The van der Waals surface area contributed by atoms with Gasteiger partial charge in [0.1, 0.15) is 0 Å². The van der Waals surface area contributed by atoms with E-state index in [1.54, 1.807) is 13.3 Å². The summed E-state index contributed by atoms with van der Waals surface area (Å²) in [5.41, 5.74) is 2.13. The fraction of sp³-hybridized carbons (Fsp3) is 0.267. The largest absolute Gasteiger partial charge is 0.493 e. The van der Waals surface area contributed by atoms with E-state index in [0.29, 0.717) is 6.10 Å². The van der Waals surface area contributed by atoms with Crippen LogP contribution < -0.4 is 9.47 Å². The number of hydrogen-bond acceptors (Lipinski definition) is 3. The third-order valence-electron chi connectivity index (χ3n) is 3.02. The van der Waals surface area contributed by atoms with Gasteiger partial charge in [-0.25, -0.2) is 0 Å². The van der Waals surface area contributed by atoms with Crippen molar-refractivity contribution in [1.29, 1.82) is 0 Å². The number of benzene rings is 1. The fourth-order valence-electron chi connectivity index (χ4n) is 1.88. The van der Waals surface area contributed by atoms with Gasteiger partial charge in [0.05, 0.1) is 13.2 Å². The van der Waals surface area contributed by atoms with E-state index >= 15 is 0 Å². The molecule has 1 aromatic heterocycles. The van der Waals surface area contributed by atoms with Crippen molar-refractivity contribution < 1.29 is 9.47 Å². The molecule has 0 atom stereocenters. The van der Waals surface area contributed by atoms with Gasteiger partial charge in [-0.15, -0.1) is 0 Å². The third kappa shape index (κ3) is 2.89.